The van der Waals surface area contributed by atoms with Crippen LogP contribution in [0.2, 0.25) is 0 Å². The van der Waals surface area contributed by atoms with E-state index in [1.54, 1.807) is 30.5 Å². The van der Waals surface area contributed by atoms with Gasteiger partial charge < -0.3 is 9.15 Å². The molecule has 0 N–H and O–H groups in total. The third-order valence-electron chi connectivity index (χ3n) is 4.49. The topological polar surface area (TPSA) is 72.1 Å². The van der Waals surface area contributed by atoms with Crippen LogP contribution in [0.5, 0.6) is 5.75 Å². The van der Waals surface area contributed by atoms with Gasteiger partial charge in [0.05, 0.1) is 29.6 Å². The minimum Gasteiger partial charge on any atom is -0.494 e. The van der Waals surface area contributed by atoms with Gasteiger partial charge in [0.1, 0.15) is 17.3 Å². The van der Waals surface area contributed by atoms with Crippen LogP contribution in [0.3, 0.4) is 0 Å². The van der Waals surface area contributed by atoms with E-state index >= 15 is 0 Å². The van der Waals surface area contributed by atoms with E-state index in [9.17, 15) is 9.59 Å². The van der Waals surface area contributed by atoms with Crippen molar-refractivity contribution in [3.63, 3.8) is 0 Å². The molecule has 6 heteroatoms. The molecule has 0 fully saturated rings. The molecule has 0 unspecified atom stereocenters. The van der Waals surface area contributed by atoms with Crippen molar-refractivity contribution in [3.05, 3.63) is 71.5 Å². The molecule has 3 aromatic rings. The highest BCUT2D eigenvalue weighted by molar-refractivity contribution is 6.21. The van der Waals surface area contributed by atoms with E-state index in [1.165, 1.54) is 7.05 Å². The largest absolute Gasteiger partial charge is 0.494 e. The van der Waals surface area contributed by atoms with Crippen LogP contribution >= 0.6 is 0 Å². The van der Waals surface area contributed by atoms with E-state index in [-0.39, 0.29) is 11.8 Å². The van der Waals surface area contributed by atoms with Gasteiger partial charge in [0.2, 0.25) is 0 Å². The van der Waals surface area contributed by atoms with Crippen molar-refractivity contribution < 1.29 is 18.7 Å². The second-order valence-corrected chi connectivity index (χ2v) is 6.32. The first-order valence-electron chi connectivity index (χ1n) is 8.90. The lowest BCUT2D eigenvalue weighted by Gasteiger charge is -2.02. The number of hydrogen-bond donors (Lipinski definition) is 0. The average molecular weight is 374 g/mol. The average Bonchev–Trinajstić information content (AvgIpc) is 3.27. The van der Waals surface area contributed by atoms with Crippen LogP contribution in [0.1, 0.15) is 33.4 Å². The minimum atomic E-state index is -0.300. The molecule has 0 saturated heterocycles. The Balaban J connectivity index is 1.54. The predicted octanol–water partition coefficient (Wildman–Crippen LogP) is 4.32. The van der Waals surface area contributed by atoms with E-state index in [0.29, 0.717) is 29.3 Å². The Morgan fingerprint density at radius 1 is 1.00 bits per heavy atom. The number of benzene rings is 2. The maximum absolute atomic E-state index is 12.2. The maximum atomic E-state index is 12.2. The second-order valence-electron chi connectivity index (χ2n) is 6.32. The number of amides is 2. The van der Waals surface area contributed by atoms with Gasteiger partial charge in [0, 0.05) is 12.6 Å². The highest BCUT2D eigenvalue weighted by atomic mass is 16.5. The molecule has 0 spiro atoms. The zero-order chi connectivity index (χ0) is 19.7. The molecule has 4 rings (SSSR count). The van der Waals surface area contributed by atoms with Crippen molar-refractivity contribution >= 4 is 23.7 Å². The van der Waals surface area contributed by atoms with Crippen LogP contribution in [0.15, 0.2) is 64.0 Å². The number of hydrogen-bond acceptors (Lipinski definition) is 5. The summed E-state index contributed by atoms with van der Waals surface area (Å²) in [5.41, 5.74) is 2.33. The summed E-state index contributed by atoms with van der Waals surface area (Å²) >= 11 is 0. The predicted molar refractivity (Wildman–Crippen MR) is 105 cm³/mol. The van der Waals surface area contributed by atoms with Gasteiger partial charge in [0.15, 0.2) is 0 Å². The van der Waals surface area contributed by atoms with Gasteiger partial charge in [-0.15, -0.1) is 0 Å². The minimum absolute atomic E-state index is 0.283. The summed E-state index contributed by atoms with van der Waals surface area (Å²) in [7, 11) is 1.48. The lowest BCUT2D eigenvalue weighted by Crippen LogP contribution is -2.24. The summed E-state index contributed by atoms with van der Waals surface area (Å²) in [6.45, 7) is 2.56. The number of furan rings is 1. The molecule has 1 aromatic heterocycles. The normalized spacial score (nSPS) is 13.4. The quantitative estimate of drug-likeness (QED) is 0.492. The standard InChI is InChI=1S/C22H18N2O4/c1-3-27-16-7-5-15(6-8-16)23-13-17-9-11-20(28-17)14-4-10-18-19(12-14)22(26)24(2)21(18)25/h4-13H,3H2,1-2H3. The third kappa shape index (κ3) is 3.20. The lowest BCUT2D eigenvalue weighted by atomic mass is 10.0. The Bertz CT molecular complexity index is 1080. The van der Waals surface area contributed by atoms with Crippen molar-refractivity contribution in [1.82, 2.24) is 4.90 Å². The highest BCUT2D eigenvalue weighted by Gasteiger charge is 2.32. The Hall–Kier alpha value is -3.67. The highest BCUT2D eigenvalue weighted by Crippen LogP contribution is 2.29. The zero-order valence-corrected chi connectivity index (χ0v) is 15.5. The van der Waals surface area contributed by atoms with E-state index in [1.807, 2.05) is 37.3 Å². The molecule has 0 saturated carbocycles. The molecular weight excluding hydrogens is 356 g/mol. The molecule has 2 amide bonds. The lowest BCUT2D eigenvalue weighted by molar-refractivity contribution is 0.0693. The third-order valence-corrected chi connectivity index (χ3v) is 4.49. The van der Waals surface area contributed by atoms with Gasteiger partial charge in [-0.25, -0.2) is 0 Å². The van der Waals surface area contributed by atoms with Crippen molar-refractivity contribution in [2.45, 2.75) is 6.92 Å². The summed E-state index contributed by atoms with van der Waals surface area (Å²) in [6.07, 6.45) is 1.63. The SMILES string of the molecule is CCOc1ccc(N=Cc2ccc(-c3ccc4c(c3)C(=O)N(C)C4=O)o2)cc1. The summed E-state index contributed by atoms with van der Waals surface area (Å²) in [4.78, 5) is 29.7. The molecule has 0 aliphatic carbocycles. The van der Waals surface area contributed by atoms with Crippen LogP contribution in [0.25, 0.3) is 11.3 Å². The number of carbonyl (C=O) groups excluding carboxylic acids is 2. The van der Waals surface area contributed by atoms with Gasteiger partial charge in [0.25, 0.3) is 11.8 Å². The number of nitrogens with zero attached hydrogens (tertiary/aromatic N) is 2. The monoisotopic (exact) mass is 374 g/mol. The Labute approximate surface area is 162 Å². The van der Waals surface area contributed by atoms with Gasteiger partial charge in [-0.05, 0) is 55.5 Å². The van der Waals surface area contributed by atoms with Gasteiger partial charge in [-0.3, -0.25) is 19.5 Å². The fraction of sp³-hybridized carbons (Fsp3) is 0.136. The van der Waals surface area contributed by atoms with Crippen molar-refractivity contribution in [2.75, 3.05) is 13.7 Å². The van der Waals surface area contributed by atoms with E-state index < -0.39 is 0 Å². The number of imide groups is 1. The zero-order valence-electron chi connectivity index (χ0n) is 15.5. The molecule has 28 heavy (non-hydrogen) atoms. The number of rotatable bonds is 5. The van der Waals surface area contributed by atoms with Crippen molar-refractivity contribution in [3.8, 4) is 17.1 Å². The van der Waals surface area contributed by atoms with Gasteiger partial charge in [-0.2, -0.15) is 0 Å². The first kappa shape index (κ1) is 17.7. The molecule has 0 atom stereocenters. The summed E-state index contributed by atoms with van der Waals surface area (Å²) < 4.78 is 11.2. The summed E-state index contributed by atoms with van der Waals surface area (Å²) in [5.74, 6) is 1.41. The Morgan fingerprint density at radius 3 is 2.50 bits per heavy atom. The molecular formula is C22H18N2O4. The first-order chi connectivity index (χ1) is 13.6. The molecule has 0 radical (unpaired) electrons. The molecule has 2 aromatic carbocycles. The number of aliphatic imine (C=N–C) groups is 1. The molecule has 140 valence electrons. The van der Waals surface area contributed by atoms with Crippen LogP contribution in [-0.2, 0) is 0 Å². The fourth-order valence-corrected chi connectivity index (χ4v) is 3.03. The molecule has 1 aliphatic rings. The molecule has 0 bridgehead atoms. The van der Waals surface area contributed by atoms with E-state index in [2.05, 4.69) is 4.99 Å². The van der Waals surface area contributed by atoms with E-state index in [4.69, 9.17) is 9.15 Å². The van der Waals surface area contributed by atoms with Crippen LogP contribution < -0.4 is 4.74 Å². The Morgan fingerprint density at radius 2 is 1.75 bits per heavy atom. The van der Waals surface area contributed by atoms with Crippen molar-refractivity contribution in [2.24, 2.45) is 4.99 Å². The smallest absolute Gasteiger partial charge is 0.261 e. The van der Waals surface area contributed by atoms with E-state index in [0.717, 1.165) is 21.9 Å². The van der Waals surface area contributed by atoms with Crippen molar-refractivity contribution in [1.29, 1.82) is 0 Å². The Kier molecular flexibility index (Phi) is 4.53. The number of ether oxygens (including phenoxy) is 1. The summed E-state index contributed by atoms with van der Waals surface area (Å²) in [6, 6.07) is 16.2. The fourth-order valence-electron chi connectivity index (χ4n) is 3.03. The van der Waals surface area contributed by atoms with Gasteiger partial charge >= 0.3 is 0 Å². The summed E-state index contributed by atoms with van der Waals surface area (Å²) in [5, 5.41) is 0. The molecule has 6 nitrogen and oxygen atoms in total. The van der Waals surface area contributed by atoms with Crippen LogP contribution in [0, 0.1) is 0 Å². The number of carbonyl (C=O) groups is 2. The molecule has 1 aliphatic heterocycles. The van der Waals surface area contributed by atoms with Crippen LogP contribution in [-0.4, -0.2) is 36.6 Å². The first-order valence-corrected chi connectivity index (χ1v) is 8.90. The molecule has 2 heterocycles. The van der Waals surface area contributed by atoms with Crippen LogP contribution in [0.4, 0.5) is 5.69 Å². The van der Waals surface area contributed by atoms with Gasteiger partial charge in [-0.1, -0.05) is 6.07 Å². The number of fused-ring (bicyclic) bond motifs is 1. The second kappa shape index (κ2) is 7.15. The maximum Gasteiger partial charge on any atom is 0.261 e.